The average molecular weight is 348 g/mol. The highest BCUT2D eigenvalue weighted by Gasteiger charge is 2.11. The molecule has 2 N–H and O–H groups in total. The predicted molar refractivity (Wildman–Crippen MR) is 103 cm³/mol. The number of carbonyl (C=O) groups excluding carboxylic acids is 1. The standard InChI is InChI=1S/C21H20N2O3/c1-14(2)26-18-9-7-15(8-10-18)13-22-23-21(25)19-11-16-5-3-4-6-17(16)12-20(19)24/h3-14,24H,1-2H3,(H,23,25)/b22-13-. The van der Waals surface area contributed by atoms with Crippen LogP contribution in [0.4, 0.5) is 0 Å². The number of hydrazone groups is 1. The first-order valence-corrected chi connectivity index (χ1v) is 8.35. The minimum Gasteiger partial charge on any atom is -0.507 e. The normalized spacial score (nSPS) is 11.2. The van der Waals surface area contributed by atoms with Gasteiger partial charge in [0.15, 0.2) is 0 Å². The Labute approximate surface area is 151 Å². The van der Waals surface area contributed by atoms with Crippen molar-refractivity contribution in [3.8, 4) is 11.5 Å². The zero-order valence-electron chi connectivity index (χ0n) is 14.6. The summed E-state index contributed by atoms with van der Waals surface area (Å²) in [5.74, 6) is 0.234. The molecular formula is C21H20N2O3. The van der Waals surface area contributed by atoms with Gasteiger partial charge in [0.1, 0.15) is 11.5 Å². The summed E-state index contributed by atoms with van der Waals surface area (Å²) in [5.41, 5.74) is 3.44. The van der Waals surface area contributed by atoms with Crippen LogP contribution in [0.3, 0.4) is 0 Å². The molecule has 0 saturated heterocycles. The molecule has 0 aliphatic rings. The highest BCUT2D eigenvalue weighted by Crippen LogP contribution is 2.24. The number of aromatic hydroxyl groups is 1. The van der Waals surface area contributed by atoms with Crippen molar-refractivity contribution in [1.29, 1.82) is 0 Å². The average Bonchev–Trinajstić information content (AvgIpc) is 2.62. The number of amides is 1. The van der Waals surface area contributed by atoms with Gasteiger partial charge < -0.3 is 9.84 Å². The summed E-state index contributed by atoms with van der Waals surface area (Å²) in [6.07, 6.45) is 1.65. The molecule has 0 aliphatic heterocycles. The maximum atomic E-state index is 12.3. The van der Waals surface area contributed by atoms with E-state index in [1.807, 2.05) is 62.4 Å². The Kier molecular flexibility index (Phi) is 5.17. The highest BCUT2D eigenvalue weighted by atomic mass is 16.5. The number of phenols is 1. The van der Waals surface area contributed by atoms with Crippen molar-refractivity contribution in [3.63, 3.8) is 0 Å². The van der Waals surface area contributed by atoms with E-state index in [0.717, 1.165) is 22.1 Å². The fraction of sp³-hybridized carbons (Fsp3) is 0.143. The monoisotopic (exact) mass is 348 g/mol. The van der Waals surface area contributed by atoms with E-state index >= 15 is 0 Å². The molecule has 1 amide bonds. The largest absolute Gasteiger partial charge is 0.507 e. The summed E-state index contributed by atoms with van der Waals surface area (Å²) >= 11 is 0. The zero-order valence-corrected chi connectivity index (χ0v) is 14.6. The number of rotatable bonds is 5. The van der Waals surface area contributed by atoms with Crippen molar-refractivity contribution in [2.45, 2.75) is 20.0 Å². The number of benzene rings is 3. The molecule has 0 bridgehead atoms. The van der Waals surface area contributed by atoms with Crippen molar-refractivity contribution in [2.75, 3.05) is 0 Å². The summed E-state index contributed by atoms with van der Waals surface area (Å²) in [7, 11) is 0. The van der Waals surface area contributed by atoms with Crippen LogP contribution >= 0.6 is 0 Å². The molecule has 0 radical (unpaired) electrons. The Morgan fingerprint density at radius 3 is 2.38 bits per heavy atom. The Morgan fingerprint density at radius 2 is 1.73 bits per heavy atom. The first-order chi connectivity index (χ1) is 12.5. The molecule has 132 valence electrons. The third-order valence-electron chi connectivity index (χ3n) is 3.74. The van der Waals surface area contributed by atoms with Crippen LogP contribution in [-0.2, 0) is 0 Å². The minimum absolute atomic E-state index is 0.0772. The van der Waals surface area contributed by atoms with Gasteiger partial charge in [-0.05, 0) is 66.6 Å². The van der Waals surface area contributed by atoms with Gasteiger partial charge in [-0.1, -0.05) is 24.3 Å². The fourth-order valence-electron chi connectivity index (χ4n) is 2.54. The maximum absolute atomic E-state index is 12.3. The smallest absolute Gasteiger partial charge is 0.275 e. The number of nitrogens with one attached hydrogen (secondary N) is 1. The topological polar surface area (TPSA) is 70.9 Å². The van der Waals surface area contributed by atoms with Crippen LogP contribution in [0.2, 0.25) is 0 Å². The van der Waals surface area contributed by atoms with Crippen LogP contribution in [-0.4, -0.2) is 23.3 Å². The van der Waals surface area contributed by atoms with Gasteiger partial charge in [0.25, 0.3) is 5.91 Å². The Bertz CT molecular complexity index is 947. The van der Waals surface area contributed by atoms with E-state index in [1.165, 1.54) is 6.21 Å². The molecule has 5 nitrogen and oxygen atoms in total. The number of fused-ring (bicyclic) bond motifs is 1. The molecule has 0 aromatic heterocycles. The quantitative estimate of drug-likeness (QED) is 0.539. The van der Waals surface area contributed by atoms with E-state index in [-0.39, 0.29) is 17.4 Å². The molecule has 0 heterocycles. The van der Waals surface area contributed by atoms with Crippen LogP contribution < -0.4 is 10.2 Å². The molecule has 0 spiro atoms. The van der Waals surface area contributed by atoms with Crippen LogP contribution in [0.5, 0.6) is 11.5 Å². The van der Waals surface area contributed by atoms with Crippen molar-refractivity contribution < 1.29 is 14.6 Å². The lowest BCUT2D eigenvalue weighted by Gasteiger charge is -2.09. The molecule has 3 aromatic rings. The van der Waals surface area contributed by atoms with Gasteiger partial charge in [-0.2, -0.15) is 5.10 Å². The van der Waals surface area contributed by atoms with E-state index in [9.17, 15) is 9.90 Å². The molecule has 26 heavy (non-hydrogen) atoms. The molecule has 0 atom stereocenters. The first-order valence-electron chi connectivity index (χ1n) is 8.35. The SMILES string of the molecule is CC(C)Oc1ccc(/C=N\NC(=O)c2cc3ccccc3cc2O)cc1. The summed E-state index contributed by atoms with van der Waals surface area (Å²) in [5, 5.41) is 15.8. The van der Waals surface area contributed by atoms with Gasteiger partial charge in [0, 0.05) is 0 Å². The third kappa shape index (κ3) is 4.19. The third-order valence-corrected chi connectivity index (χ3v) is 3.74. The van der Waals surface area contributed by atoms with Crippen molar-refractivity contribution >= 4 is 22.9 Å². The van der Waals surface area contributed by atoms with Crippen molar-refractivity contribution in [2.24, 2.45) is 5.10 Å². The van der Waals surface area contributed by atoms with E-state index in [4.69, 9.17) is 4.74 Å². The lowest BCUT2D eigenvalue weighted by atomic mass is 10.1. The van der Waals surface area contributed by atoms with Gasteiger partial charge in [0.05, 0.1) is 17.9 Å². The number of carbonyl (C=O) groups is 1. The second-order valence-corrected chi connectivity index (χ2v) is 6.15. The zero-order chi connectivity index (χ0) is 18.5. The van der Waals surface area contributed by atoms with Gasteiger partial charge in [-0.3, -0.25) is 4.79 Å². The summed E-state index contributed by atoms with van der Waals surface area (Å²) in [6.45, 7) is 3.93. The maximum Gasteiger partial charge on any atom is 0.275 e. The summed E-state index contributed by atoms with van der Waals surface area (Å²) in [4.78, 5) is 12.3. The van der Waals surface area contributed by atoms with Gasteiger partial charge in [0.2, 0.25) is 0 Å². The van der Waals surface area contributed by atoms with Crippen LogP contribution in [0.25, 0.3) is 10.8 Å². The number of phenolic OH excluding ortho intramolecular Hbond substituents is 1. The van der Waals surface area contributed by atoms with E-state index in [1.54, 1.807) is 12.1 Å². The Balaban J connectivity index is 1.68. The molecule has 0 aliphatic carbocycles. The fourth-order valence-corrected chi connectivity index (χ4v) is 2.54. The Morgan fingerprint density at radius 1 is 1.08 bits per heavy atom. The minimum atomic E-state index is -0.468. The van der Waals surface area contributed by atoms with Crippen molar-refractivity contribution in [1.82, 2.24) is 5.43 Å². The number of nitrogens with zero attached hydrogens (tertiary/aromatic N) is 1. The number of hydrogen-bond acceptors (Lipinski definition) is 4. The summed E-state index contributed by atoms with van der Waals surface area (Å²) < 4.78 is 5.58. The Hall–Kier alpha value is -3.34. The van der Waals surface area contributed by atoms with E-state index < -0.39 is 5.91 Å². The predicted octanol–water partition coefficient (Wildman–Crippen LogP) is 4.10. The van der Waals surface area contributed by atoms with Crippen LogP contribution in [0.15, 0.2) is 65.8 Å². The number of ether oxygens (including phenoxy) is 1. The van der Waals surface area contributed by atoms with Gasteiger partial charge in [-0.15, -0.1) is 0 Å². The molecule has 5 heteroatoms. The van der Waals surface area contributed by atoms with Gasteiger partial charge >= 0.3 is 0 Å². The van der Waals surface area contributed by atoms with Gasteiger partial charge in [-0.25, -0.2) is 5.43 Å². The second-order valence-electron chi connectivity index (χ2n) is 6.15. The number of hydrogen-bond donors (Lipinski definition) is 2. The molecule has 0 saturated carbocycles. The molecule has 0 unspecified atom stereocenters. The van der Waals surface area contributed by atoms with Crippen molar-refractivity contribution in [3.05, 3.63) is 71.8 Å². The molecule has 3 rings (SSSR count). The van der Waals surface area contributed by atoms with Crippen LogP contribution in [0.1, 0.15) is 29.8 Å². The lowest BCUT2D eigenvalue weighted by Crippen LogP contribution is -2.17. The summed E-state index contributed by atoms with van der Waals surface area (Å²) in [6, 6.07) is 18.1. The van der Waals surface area contributed by atoms with E-state index in [0.29, 0.717) is 0 Å². The molecule has 3 aromatic carbocycles. The second kappa shape index (κ2) is 7.70. The lowest BCUT2D eigenvalue weighted by molar-refractivity contribution is 0.0952. The van der Waals surface area contributed by atoms with E-state index in [2.05, 4.69) is 10.5 Å². The first kappa shape index (κ1) is 17.5. The molecule has 0 fully saturated rings. The molecular weight excluding hydrogens is 328 g/mol. The van der Waals surface area contributed by atoms with Crippen LogP contribution in [0, 0.1) is 0 Å². The highest BCUT2D eigenvalue weighted by molar-refractivity contribution is 6.01.